The Bertz CT molecular complexity index is 426. The van der Waals surface area contributed by atoms with E-state index in [-0.39, 0.29) is 12.2 Å². The molecule has 1 fully saturated rings. The Balaban J connectivity index is 2.17. The molecule has 0 aliphatic carbocycles. The van der Waals surface area contributed by atoms with Gasteiger partial charge in [0.25, 0.3) is 0 Å². The summed E-state index contributed by atoms with van der Waals surface area (Å²) in [7, 11) is 0. The molecule has 1 N–H and O–H groups in total. The molecule has 1 saturated heterocycles. The molecule has 112 valence electrons. The second-order valence-electron chi connectivity index (χ2n) is 5.79. The molecule has 20 heavy (non-hydrogen) atoms. The zero-order chi connectivity index (χ0) is 14.5. The normalized spacial score (nSPS) is 23.1. The molecule has 0 radical (unpaired) electrons. The van der Waals surface area contributed by atoms with Gasteiger partial charge in [-0.05, 0) is 39.8 Å². The second-order valence-corrected chi connectivity index (χ2v) is 5.79. The summed E-state index contributed by atoms with van der Waals surface area (Å²) in [5, 5.41) is 3.47. The first-order valence-electron chi connectivity index (χ1n) is 7.66. The van der Waals surface area contributed by atoms with Crippen LogP contribution in [0.2, 0.25) is 0 Å². The third-order valence-corrected chi connectivity index (χ3v) is 3.60. The number of hydrogen-bond donors (Lipinski definition) is 1. The van der Waals surface area contributed by atoms with Crippen LogP contribution in [-0.2, 0) is 11.3 Å². The lowest BCUT2D eigenvalue weighted by atomic mass is 10.1. The van der Waals surface area contributed by atoms with Gasteiger partial charge in [-0.1, -0.05) is 6.92 Å². The Kier molecular flexibility index (Phi) is 5.38. The van der Waals surface area contributed by atoms with Crippen molar-refractivity contribution in [2.45, 2.75) is 52.9 Å². The van der Waals surface area contributed by atoms with Crippen LogP contribution in [0.4, 0.5) is 5.69 Å². The number of ether oxygens (including phenoxy) is 1. The minimum absolute atomic E-state index is 0.281. The van der Waals surface area contributed by atoms with E-state index in [4.69, 9.17) is 4.74 Å². The van der Waals surface area contributed by atoms with Crippen molar-refractivity contribution in [1.29, 1.82) is 0 Å². The summed E-state index contributed by atoms with van der Waals surface area (Å²) < 4.78 is 5.83. The van der Waals surface area contributed by atoms with Gasteiger partial charge in [0, 0.05) is 42.8 Å². The van der Waals surface area contributed by atoms with Crippen molar-refractivity contribution >= 4 is 5.69 Å². The predicted molar refractivity (Wildman–Crippen MR) is 83.2 cm³/mol. The molecule has 4 nitrogen and oxygen atoms in total. The average molecular weight is 277 g/mol. The maximum atomic E-state index is 5.83. The molecular formula is C16H27N3O. The van der Waals surface area contributed by atoms with Gasteiger partial charge in [0.15, 0.2) is 0 Å². The van der Waals surface area contributed by atoms with E-state index in [0.717, 1.165) is 38.3 Å². The fourth-order valence-corrected chi connectivity index (χ4v) is 2.78. The van der Waals surface area contributed by atoms with Crippen molar-refractivity contribution in [2.24, 2.45) is 0 Å². The summed E-state index contributed by atoms with van der Waals surface area (Å²) in [6, 6.07) is 2.20. The Labute approximate surface area is 122 Å². The van der Waals surface area contributed by atoms with Crippen LogP contribution < -0.4 is 10.2 Å². The number of rotatable bonds is 5. The smallest absolute Gasteiger partial charge is 0.0726 e. The molecule has 1 aromatic heterocycles. The molecule has 1 aliphatic rings. The van der Waals surface area contributed by atoms with Gasteiger partial charge < -0.3 is 15.0 Å². The van der Waals surface area contributed by atoms with Crippen molar-refractivity contribution in [3.63, 3.8) is 0 Å². The summed E-state index contributed by atoms with van der Waals surface area (Å²) in [5.74, 6) is 0. The number of anilines is 1. The highest BCUT2D eigenvalue weighted by Gasteiger charge is 2.24. The van der Waals surface area contributed by atoms with E-state index >= 15 is 0 Å². The maximum absolute atomic E-state index is 5.83. The highest BCUT2D eigenvalue weighted by Crippen LogP contribution is 2.24. The van der Waals surface area contributed by atoms with Crippen LogP contribution in [0.5, 0.6) is 0 Å². The van der Waals surface area contributed by atoms with Gasteiger partial charge in [-0.2, -0.15) is 0 Å². The minimum Gasteiger partial charge on any atom is -0.372 e. The quantitative estimate of drug-likeness (QED) is 0.839. The van der Waals surface area contributed by atoms with E-state index in [1.54, 1.807) is 0 Å². The minimum atomic E-state index is 0.281. The van der Waals surface area contributed by atoms with Crippen molar-refractivity contribution in [3.8, 4) is 0 Å². The van der Waals surface area contributed by atoms with E-state index in [1.165, 1.54) is 11.3 Å². The second kappa shape index (κ2) is 7.04. The lowest BCUT2D eigenvalue weighted by Gasteiger charge is -2.37. The molecule has 0 aromatic carbocycles. The first kappa shape index (κ1) is 15.3. The number of pyridine rings is 1. The lowest BCUT2D eigenvalue weighted by Crippen LogP contribution is -2.46. The largest absolute Gasteiger partial charge is 0.372 e. The zero-order valence-electron chi connectivity index (χ0n) is 13.1. The monoisotopic (exact) mass is 277 g/mol. The van der Waals surface area contributed by atoms with Gasteiger partial charge in [0.2, 0.25) is 0 Å². The van der Waals surface area contributed by atoms with Gasteiger partial charge in [-0.15, -0.1) is 0 Å². The number of nitrogens with one attached hydrogen (secondary N) is 1. The van der Waals surface area contributed by atoms with E-state index in [9.17, 15) is 0 Å². The molecule has 2 heterocycles. The lowest BCUT2D eigenvalue weighted by molar-refractivity contribution is -0.00527. The van der Waals surface area contributed by atoms with E-state index in [2.05, 4.69) is 49.0 Å². The van der Waals surface area contributed by atoms with E-state index < -0.39 is 0 Å². The summed E-state index contributed by atoms with van der Waals surface area (Å²) in [4.78, 5) is 6.89. The summed E-state index contributed by atoms with van der Waals surface area (Å²) in [6.45, 7) is 12.4. The number of morpholine rings is 1. The van der Waals surface area contributed by atoms with Crippen molar-refractivity contribution in [2.75, 3.05) is 24.5 Å². The van der Waals surface area contributed by atoms with Crippen LogP contribution in [0.1, 0.15) is 38.4 Å². The SMILES string of the molecule is CCCNCc1cnc(C)cc1N1C[C@@H](C)O[C@@H](C)C1. The van der Waals surface area contributed by atoms with E-state index in [1.807, 2.05) is 6.20 Å². The van der Waals surface area contributed by atoms with Crippen LogP contribution >= 0.6 is 0 Å². The van der Waals surface area contributed by atoms with Gasteiger partial charge in [-0.3, -0.25) is 4.98 Å². The summed E-state index contributed by atoms with van der Waals surface area (Å²) >= 11 is 0. The number of aryl methyl sites for hydroxylation is 1. The van der Waals surface area contributed by atoms with Crippen molar-refractivity contribution in [3.05, 3.63) is 23.5 Å². The Hall–Kier alpha value is -1.13. The van der Waals surface area contributed by atoms with Crippen molar-refractivity contribution in [1.82, 2.24) is 10.3 Å². The zero-order valence-corrected chi connectivity index (χ0v) is 13.1. The van der Waals surface area contributed by atoms with Gasteiger partial charge >= 0.3 is 0 Å². The average Bonchev–Trinajstić information content (AvgIpc) is 2.39. The first-order chi connectivity index (χ1) is 9.60. The standard InChI is InChI=1S/C16H27N3O/c1-5-6-17-8-15-9-18-12(2)7-16(15)19-10-13(3)20-14(4)11-19/h7,9,13-14,17H,5-6,8,10-11H2,1-4H3/t13-,14+. The fourth-order valence-electron chi connectivity index (χ4n) is 2.78. The Morgan fingerprint density at radius 2 is 2.05 bits per heavy atom. The van der Waals surface area contributed by atoms with Crippen LogP contribution in [0.3, 0.4) is 0 Å². The molecule has 0 unspecified atom stereocenters. The maximum Gasteiger partial charge on any atom is 0.0726 e. The predicted octanol–water partition coefficient (Wildman–Crippen LogP) is 2.50. The summed E-state index contributed by atoms with van der Waals surface area (Å²) in [6.07, 6.45) is 3.73. The summed E-state index contributed by atoms with van der Waals surface area (Å²) in [5.41, 5.74) is 3.67. The van der Waals surface area contributed by atoms with Gasteiger partial charge in [0.1, 0.15) is 0 Å². The van der Waals surface area contributed by atoms with Crippen LogP contribution in [0.25, 0.3) is 0 Å². The molecule has 0 bridgehead atoms. The fraction of sp³-hybridized carbons (Fsp3) is 0.688. The van der Waals surface area contributed by atoms with Gasteiger partial charge in [-0.25, -0.2) is 0 Å². The molecule has 0 saturated carbocycles. The van der Waals surface area contributed by atoms with Crippen LogP contribution in [-0.4, -0.2) is 36.8 Å². The van der Waals surface area contributed by atoms with E-state index in [0.29, 0.717) is 0 Å². The van der Waals surface area contributed by atoms with Crippen LogP contribution in [0.15, 0.2) is 12.3 Å². The molecule has 1 aliphatic heterocycles. The molecule has 2 rings (SSSR count). The molecular weight excluding hydrogens is 250 g/mol. The number of nitrogens with zero attached hydrogens (tertiary/aromatic N) is 2. The van der Waals surface area contributed by atoms with Crippen molar-refractivity contribution < 1.29 is 4.74 Å². The first-order valence-corrected chi connectivity index (χ1v) is 7.66. The molecule has 2 atom stereocenters. The third kappa shape index (κ3) is 3.93. The topological polar surface area (TPSA) is 37.4 Å². The Morgan fingerprint density at radius 1 is 1.35 bits per heavy atom. The molecule has 0 amide bonds. The number of hydrogen-bond acceptors (Lipinski definition) is 4. The third-order valence-electron chi connectivity index (χ3n) is 3.60. The highest BCUT2D eigenvalue weighted by molar-refractivity contribution is 5.54. The van der Waals surface area contributed by atoms with Gasteiger partial charge in [0.05, 0.1) is 12.2 Å². The molecule has 0 spiro atoms. The highest BCUT2D eigenvalue weighted by atomic mass is 16.5. The van der Waals surface area contributed by atoms with Crippen LogP contribution in [0, 0.1) is 6.92 Å². The molecule has 1 aromatic rings. The molecule has 4 heteroatoms. The Morgan fingerprint density at radius 3 is 2.70 bits per heavy atom. The number of aromatic nitrogens is 1.